The Balaban J connectivity index is 1.58. The molecule has 1 saturated carbocycles. The van der Waals surface area contributed by atoms with Crippen LogP contribution in [-0.4, -0.2) is 58.9 Å². The molecular weight excluding hydrogens is 322 g/mol. The second-order valence-corrected chi connectivity index (χ2v) is 6.03. The Morgan fingerprint density at radius 2 is 1.62 bits per heavy atom. The summed E-state index contributed by atoms with van der Waals surface area (Å²) in [6.45, 7) is 1.00. The maximum atomic E-state index is 13.7. The summed E-state index contributed by atoms with van der Waals surface area (Å²) in [6.07, 6.45) is 0.355. The Hall–Kier alpha value is -2.51. The van der Waals surface area contributed by atoms with E-state index < -0.39 is 35.3 Å². The summed E-state index contributed by atoms with van der Waals surface area (Å²) in [6, 6.07) is 2.79. The van der Waals surface area contributed by atoms with Gasteiger partial charge < -0.3 is 14.9 Å². The molecule has 0 spiro atoms. The van der Waals surface area contributed by atoms with E-state index in [1.807, 2.05) is 0 Å². The van der Waals surface area contributed by atoms with Crippen molar-refractivity contribution in [2.24, 2.45) is 11.8 Å². The number of benzene rings is 1. The highest BCUT2D eigenvalue weighted by Gasteiger charge is 2.50. The van der Waals surface area contributed by atoms with E-state index in [1.165, 1.54) is 4.90 Å². The van der Waals surface area contributed by atoms with E-state index in [0.717, 1.165) is 12.1 Å². The molecule has 1 heterocycles. The van der Waals surface area contributed by atoms with Crippen molar-refractivity contribution < 1.29 is 28.3 Å². The van der Waals surface area contributed by atoms with Crippen LogP contribution in [0.1, 0.15) is 16.8 Å². The zero-order chi connectivity index (χ0) is 17.4. The lowest BCUT2D eigenvalue weighted by Crippen LogP contribution is -2.51. The molecule has 0 radical (unpaired) electrons. The minimum absolute atomic E-state index is 0.204. The summed E-state index contributed by atoms with van der Waals surface area (Å²) in [4.78, 5) is 38.2. The minimum atomic E-state index is -0.964. The van der Waals surface area contributed by atoms with E-state index in [4.69, 9.17) is 5.11 Å². The lowest BCUT2D eigenvalue weighted by Gasteiger charge is -2.35. The molecule has 1 aromatic carbocycles. The molecule has 0 bridgehead atoms. The van der Waals surface area contributed by atoms with Gasteiger partial charge in [-0.05, 0) is 18.6 Å². The van der Waals surface area contributed by atoms with Crippen molar-refractivity contribution in [3.63, 3.8) is 0 Å². The lowest BCUT2D eigenvalue weighted by atomic mass is 10.1. The number of rotatable bonds is 3. The second-order valence-electron chi connectivity index (χ2n) is 6.03. The molecule has 1 aromatic rings. The summed E-state index contributed by atoms with van der Waals surface area (Å²) < 4.78 is 26.6. The van der Waals surface area contributed by atoms with Crippen LogP contribution in [0.3, 0.4) is 0 Å². The van der Waals surface area contributed by atoms with Crippen molar-refractivity contribution in [2.45, 2.75) is 6.42 Å². The fraction of sp³-hybridized carbons (Fsp3) is 0.438. The number of hydrogen-bond donors (Lipinski definition) is 1. The molecule has 2 fully saturated rings. The molecule has 1 aliphatic heterocycles. The molecule has 1 aliphatic carbocycles. The molecule has 1 saturated heterocycles. The molecule has 2 amide bonds. The number of amides is 2. The summed E-state index contributed by atoms with van der Waals surface area (Å²) in [5.74, 6) is -4.46. The van der Waals surface area contributed by atoms with Gasteiger partial charge in [0.2, 0.25) is 5.91 Å². The quantitative estimate of drug-likeness (QED) is 0.891. The van der Waals surface area contributed by atoms with E-state index in [9.17, 15) is 23.2 Å². The van der Waals surface area contributed by atoms with Crippen LogP contribution < -0.4 is 0 Å². The first-order valence-electron chi connectivity index (χ1n) is 7.64. The van der Waals surface area contributed by atoms with Gasteiger partial charge in [0, 0.05) is 32.2 Å². The highest BCUT2D eigenvalue weighted by atomic mass is 19.1. The molecule has 0 aromatic heterocycles. The van der Waals surface area contributed by atoms with Crippen molar-refractivity contribution in [2.75, 3.05) is 26.2 Å². The first kappa shape index (κ1) is 16.4. The van der Waals surface area contributed by atoms with E-state index in [1.54, 1.807) is 4.90 Å². The molecule has 2 unspecified atom stereocenters. The topological polar surface area (TPSA) is 77.9 Å². The fourth-order valence-electron chi connectivity index (χ4n) is 2.94. The first-order valence-corrected chi connectivity index (χ1v) is 7.64. The number of nitrogens with zero attached hydrogens (tertiary/aromatic N) is 2. The number of aliphatic carboxylic acids is 1. The number of carboxylic acid groups (broad SMARTS) is 1. The zero-order valence-corrected chi connectivity index (χ0v) is 12.7. The van der Waals surface area contributed by atoms with Gasteiger partial charge in [-0.25, -0.2) is 8.78 Å². The number of piperazine rings is 1. The van der Waals surface area contributed by atoms with Crippen LogP contribution >= 0.6 is 0 Å². The van der Waals surface area contributed by atoms with Gasteiger partial charge >= 0.3 is 5.97 Å². The zero-order valence-electron chi connectivity index (χ0n) is 12.7. The van der Waals surface area contributed by atoms with Gasteiger partial charge in [0.1, 0.15) is 11.6 Å². The average molecular weight is 338 g/mol. The summed E-state index contributed by atoms with van der Waals surface area (Å²) in [7, 11) is 0. The van der Waals surface area contributed by atoms with E-state index in [2.05, 4.69) is 0 Å². The van der Waals surface area contributed by atoms with Gasteiger partial charge in [0.05, 0.1) is 17.4 Å². The highest BCUT2D eigenvalue weighted by molar-refractivity contribution is 5.95. The molecule has 1 N–H and O–H groups in total. The summed E-state index contributed by atoms with van der Waals surface area (Å²) >= 11 is 0. The van der Waals surface area contributed by atoms with Crippen molar-refractivity contribution >= 4 is 17.8 Å². The summed E-state index contributed by atoms with van der Waals surface area (Å²) in [5.41, 5.74) is -0.204. The van der Waals surface area contributed by atoms with Crippen LogP contribution in [0.15, 0.2) is 18.2 Å². The largest absolute Gasteiger partial charge is 0.481 e. The molecule has 6 nitrogen and oxygen atoms in total. The van der Waals surface area contributed by atoms with E-state index >= 15 is 0 Å². The maximum Gasteiger partial charge on any atom is 0.307 e. The smallest absolute Gasteiger partial charge is 0.307 e. The van der Waals surface area contributed by atoms with Crippen LogP contribution in [0.25, 0.3) is 0 Å². The molecule has 2 aliphatic rings. The van der Waals surface area contributed by atoms with Gasteiger partial charge in [0.15, 0.2) is 0 Å². The normalized spacial score (nSPS) is 23.1. The van der Waals surface area contributed by atoms with Crippen LogP contribution in [0, 0.1) is 23.5 Å². The van der Waals surface area contributed by atoms with Crippen LogP contribution in [0.4, 0.5) is 8.78 Å². The summed E-state index contributed by atoms with van der Waals surface area (Å²) in [5, 5.41) is 8.87. The van der Waals surface area contributed by atoms with Crippen molar-refractivity contribution in [1.29, 1.82) is 0 Å². The number of carbonyl (C=O) groups excluding carboxylic acids is 2. The van der Waals surface area contributed by atoms with Gasteiger partial charge in [-0.2, -0.15) is 0 Å². The van der Waals surface area contributed by atoms with Gasteiger partial charge in [-0.15, -0.1) is 0 Å². The Bertz CT molecular complexity index is 701. The SMILES string of the molecule is O=C(O)C1CC1C(=O)N1CCN(C(=O)c2ccc(F)cc2F)CC1. The number of halogens is 2. The third-order valence-corrected chi connectivity index (χ3v) is 4.46. The third-order valence-electron chi connectivity index (χ3n) is 4.46. The molecular formula is C16H16F2N2O4. The molecule has 128 valence electrons. The predicted octanol–water partition coefficient (Wildman–Crippen LogP) is 0.970. The van der Waals surface area contributed by atoms with Crippen molar-refractivity contribution in [3.05, 3.63) is 35.4 Å². The highest BCUT2D eigenvalue weighted by Crippen LogP contribution is 2.40. The van der Waals surface area contributed by atoms with Gasteiger partial charge in [-0.1, -0.05) is 0 Å². The molecule has 8 heteroatoms. The lowest BCUT2D eigenvalue weighted by molar-refractivity contribution is -0.142. The van der Waals surface area contributed by atoms with E-state index in [0.29, 0.717) is 12.5 Å². The number of carbonyl (C=O) groups is 3. The number of hydrogen-bond acceptors (Lipinski definition) is 3. The van der Waals surface area contributed by atoms with Crippen LogP contribution in [0.5, 0.6) is 0 Å². The standard InChI is InChI=1S/C16H16F2N2O4/c17-9-1-2-10(13(18)7-9)14(21)19-3-5-20(6-4-19)15(22)11-8-12(11)16(23)24/h1-2,7,11-12H,3-6,8H2,(H,23,24). The second kappa shape index (κ2) is 6.18. The van der Waals surface area contributed by atoms with Crippen molar-refractivity contribution in [1.82, 2.24) is 9.80 Å². The van der Waals surface area contributed by atoms with Crippen molar-refractivity contribution in [3.8, 4) is 0 Å². The predicted molar refractivity (Wildman–Crippen MR) is 78.1 cm³/mol. The Kier molecular flexibility index (Phi) is 4.21. The van der Waals surface area contributed by atoms with Gasteiger partial charge in [-0.3, -0.25) is 14.4 Å². The minimum Gasteiger partial charge on any atom is -0.481 e. The average Bonchev–Trinajstić information content (AvgIpc) is 3.35. The first-order chi connectivity index (χ1) is 11.4. The Morgan fingerprint density at radius 1 is 1.00 bits per heavy atom. The van der Waals surface area contributed by atoms with Crippen LogP contribution in [0.2, 0.25) is 0 Å². The van der Waals surface area contributed by atoms with Gasteiger partial charge in [0.25, 0.3) is 5.91 Å². The monoisotopic (exact) mass is 338 g/mol. The third kappa shape index (κ3) is 3.08. The molecule has 3 rings (SSSR count). The number of carboxylic acids is 1. The fourth-order valence-corrected chi connectivity index (χ4v) is 2.94. The molecule has 24 heavy (non-hydrogen) atoms. The molecule has 2 atom stereocenters. The Morgan fingerprint density at radius 3 is 2.17 bits per heavy atom. The maximum absolute atomic E-state index is 13.7. The van der Waals surface area contributed by atoms with Crippen LogP contribution in [-0.2, 0) is 9.59 Å². The Labute approximate surface area is 136 Å². The van der Waals surface area contributed by atoms with E-state index in [-0.39, 0.29) is 37.6 Å².